The summed E-state index contributed by atoms with van der Waals surface area (Å²) in [6.45, 7) is 1.89. The third kappa shape index (κ3) is 2.99. The number of hydrogen-bond donors (Lipinski definition) is 1. The molecule has 26 heavy (non-hydrogen) atoms. The van der Waals surface area contributed by atoms with Crippen molar-refractivity contribution in [3.05, 3.63) is 54.2 Å². The Morgan fingerprint density at radius 3 is 2.85 bits per heavy atom. The molecule has 0 saturated heterocycles. The minimum absolute atomic E-state index is 0.159. The van der Waals surface area contributed by atoms with Crippen molar-refractivity contribution in [2.24, 2.45) is 0 Å². The minimum Gasteiger partial charge on any atom is -0.454 e. The van der Waals surface area contributed by atoms with Crippen LogP contribution < -0.4 is 14.8 Å². The normalized spacial score (nSPS) is 12.7. The smallest absolute Gasteiger partial charge is 0.257 e. The standard InChI is InChI=1S/C20H21N3O3/c1-22(2)10-11-23-12-15(14-6-3-4-8-17(14)23)20(24)21-16-7-5-9-18-19(16)26-13-25-18/h3-9,12H,10-11,13H2,1-2H3,(H,21,24). The Morgan fingerprint density at radius 2 is 2.00 bits per heavy atom. The first kappa shape index (κ1) is 16.5. The molecule has 0 spiro atoms. The molecule has 0 radical (unpaired) electrons. The number of carbonyl (C=O) groups excluding carboxylic acids is 1. The number of nitrogens with one attached hydrogen (secondary N) is 1. The molecule has 6 heteroatoms. The number of aromatic nitrogens is 1. The Morgan fingerprint density at radius 1 is 1.15 bits per heavy atom. The van der Waals surface area contributed by atoms with Crippen molar-refractivity contribution in [3.8, 4) is 11.5 Å². The Balaban J connectivity index is 1.66. The lowest BCUT2D eigenvalue weighted by Crippen LogP contribution is -2.18. The van der Waals surface area contributed by atoms with Crippen molar-refractivity contribution in [1.29, 1.82) is 0 Å². The summed E-state index contributed by atoms with van der Waals surface area (Å²) in [4.78, 5) is 15.1. The van der Waals surface area contributed by atoms with E-state index < -0.39 is 0 Å². The Hall–Kier alpha value is -2.99. The summed E-state index contributed by atoms with van der Waals surface area (Å²) in [7, 11) is 4.08. The van der Waals surface area contributed by atoms with Gasteiger partial charge in [-0.05, 0) is 32.3 Å². The summed E-state index contributed by atoms with van der Waals surface area (Å²) in [5.41, 5.74) is 2.32. The number of hydrogen-bond acceptors (Lipinski definition) is 4. The second kappa shape index (κ2) is 6.72. The van der Waals surface area contributed by atoms with Crippen LogP contribution in [0, 0.1) is 0 Å². The third-order valence-corrected chi connectivity index (χ3v) is 4.47. The maximum Gasteiger partial charge on any atom is 0.257 e. The summed E-state index contributed by atoms with van der Waals surface area (Å²) >= 11 is 0. The fourth-order valence-electron chi connectivity index (χ4n) is 3.14. The number of fused-ring (bicyclic) bond motifs is 2. The van der Waals surface area contributed by atoms with Gasteiger partial charge in [0.05, 0.1) is 11.3 Å². The lowest BCUT2D eigenvalue weighted by Gasteiger charge is -2.10. The molecule has 1 aromatic heterocycles. The topological polar surface area (TPSA) is 55.7 Å². The molecule has 1 aliphatic heterocycles. The van der Waals surface area contributed by atoms with Crippen molar-refractivity contribution < 1.29 is 14.3 Å². The van der Waals surface area contributed by atoms with Crippen molar-refractivity contribution in [2.75, 3.05) is 32.7 Å². The molecule has 0 bridgehead atoms. The number of para-hydroxylation sites is 2. The highest BCUT2D eigenvalue weighted by molar-refractivity contribution is 6.13. The van der Waals surface area contributed by atoms with Crippen LogP contribution in [0.3, 0.4) is 0 Å². The second-order valence-corrected chi connectivity index (χ2v) is 6.55. The summed E-state index contributed by atoms with van der Waals surface area (Å²) in [6, 6.07) is 13.4. The van der Waals surface area contributed by atoms with Crippen molar-refractivity contribution in [2.45, 2.75) is 6.54 Å². The van der Waals surface area contributed by atoms with E-state index in [-0.39, 0.29) is 12.7 Å². The SMILES string of the molecule is CN(C)CCn1cc(C(=O)Nc2cccc3c2OCO3)c2ccccc21. The van der Waals surface area contributed by atoms with Crippen LogP contribution in [0.2, 0.25) is 0 Å². The molecule has 134 valence electrons. The van der Waals surface area contributed by atoms with Gasteiger partial charge in [0.1, 0.15) is 0 Å². The number of carbonyl (C=O) groups is 1. The van der Waals surface area contributed by atoms with E-state index in [0.717, 1.165) is 24.0 Å². The van der Waals surface area contributed by atoms with Crippen LogP contribution in [0.15, 0.2) is 48.7 Å². The maximum atomic E-state index is 12.9. The van der Waals surface area contributed by atoms with E-state index in [1.165, 1.54) is 0 Å². The zero-order valence-electron chi connectivity index (χ0n) is 14.9. The molecule has 2 heterocycles. The molecule has 4 rings (SSSR count). The summed E-state index contributed by atoms with van der Waals surface area (Å²) < 4.78 is 13.0. The predicted octanol–water partition coefficient (Wildman–Crippen LogP) is 3.18. The van der Waals surface area contributed by atoms with Crippen LogP contribution in [0.4, 0.5) is 5.69 Å². The average Bonchev–Trinajstić information content (AvgIpc) is 3.25. The molecular formula is C20H21N3O3. The van der Waals surface area contributed by atoms with Crippen LogP contribution in [-0.2, 0) is 6.54 Å². The summed E-state index contributed by atoms with van der Waals surface area (Å²) in [5, 5.41) is 3.90. The largest absolute Gasteiger partial charge is 0.454 e. The van der Waals surface area contributed by atoms with Crippen LogP contribution in [0.25, 0.3) is 10.9 Å². The molecule has 1 amide bonds. The van der Waals surface area contributed by atoms with Crippen LogP contribution >= 0.6 is 0 Å². The summed E-state index contributed by atoms with van der Waals surface area (Å²) in [5.74, 6) is 1.07. The van der Waals surface area contributed by atoms with Gasteiger partial charge in [-0.1, -0.05) is 24.3 Å². The van der Waals surface area contributed by atoms with E-state index >= 15 is 0 Å². The first-order chi connectivity index (χ1) is 12.6. The van der Waals surface area contributed by atoms with E-state index in [1.807, 2.05) is 62.8 Å². The molecule has 1 N–H and O–H groups in total. The third-order valence-electron chi connectivity index (χ3n) is 4.47. The van der Waals surface area contributed by atoms with Crippen LogP contribution in [0.5, 0.6) is 11.5 Å². The minimum atomic E-state index is -0.159. The van der Waals surface area contributed by atoms with Crippen molar-refractivity contribution in [1.82, 2.24) is 9.47 Å². The number of rotatable bonds is 5. The van der Waals surface area contributed by atoms with E-state index in [0.29, 0.717) is 22.7 Å². The highest BCUT2D eigenvalue weighted by Crippen LogP contribution is 2.39. The zero-order valence-corrected chi connectivity index (χ0v) is 14.9. The van der Waals surface area contributed by atoms with E-state index in [9.17, 15) is 4.79 Å². The number of nitrogens with zero attached hydrogens (tertiary/aromatic N) is 2. The van der Waals surface area contributed by atoms with E-state index in [4.69, 9.17) is 9.47 Å². The molecule has 6 nitrogen and oxygen atoms in total. The van der Waals surface area contributed by atoms with Gasteiger partial charge >= 0.3 is 0 Å². The molecule has 0 unspecified atom stereocenters. The Kier molecular flexibility index (Phi) is 4.26. The van der Waals surface area contributed by atoms with Gasteiger partial charge in [0.2, 0.25) is 6.79 Å². The highest BCUT2D eigenvalue weighted by atomic mass is 16.7. The Labute approximate surface area is 151 Å². The first-order valence-corrected chi connectivity index (χ1v) is 8.56. The molecule has 2 aromatic carbocycles. The average molecular weight is 351 g/mol. The van der Waals surface area contributed by atoms with Crippen molar-refractivity contribution in [3.63, 3.8) is 0 Å². The van der Waals surface area contributed by atoms with Gasteiger partial charge in [0.15, 0.2) is 11.5 Å². The fourth-order valence-corrected chi connectivity index (χ4v) is 3.14. The van der Waals surface area contributed by atoms with Gasteiger partial charge in [-0.3, -0.25) is 4.79 Å². The molecule has 3 aromatic rings. The number of likely N-dealkylation sites (N-methyl/N-ethyl adjacent to an activating group) is 1. The van der Waals surface area contributed by atoms with E-state index in [2.05, 4.69) is 14.8 Å². The maximum absolute atomic E-state index is 12.9. The predicted molar refractivity (Wildman–Crippen MR) is 101 cm³/mol. The van der Waals surface area contributed by atoms with Gasteiger partial charge in [0, 0.05) is 30.2 Å². The number of benzene rings is 2. The molecular weight excluding hydrogens is 330 g/mol. The molecule has 0 aliphatic carbocycles. The molecule has 1 aliphatic rings. The quantitative estimate of drug-likeness (QED) is 0.767. The van der Waals surface area contributed by atoms with E-state index in [1.54, 1.807) is 0 Å². The number of ether oxygens (including phenoxy) is 2. The van der Waals surface area contributed by atoms with Gasteiger partial charge in [-0.25, -0.2) is 0 Å². The highest BCUT2D eigenvalue weighted by Gasteiger charge is 2.21. The first-order valence-electron chi connectivity index (χ1n) is 8.56. The van der Waals surface area contributed by atoms with Gasteiger partial charge in [-0.15, -0.1) is 0 Å². The lowest BCUT2D eigenvalue weighted by atomic mass is 10.1. The zero-order chi connectivity index (χ0) is 18.1. The fraction of sp³-hybridized carbons (Fsp3) is 0.250. The monoisotopic (exact) mass is 351 g/mol. The van der Waals surface area contributed by atoms with Crippen LogP contribution in [-0.4, -0.2) is 42.8 Å². The Bertz CT molecular complexity index is 962. The van der Waals surface area contributed by atoms with Crippen LogP contribution in [0.1, 0.15) is 10.4 Å². The number of amides is 1. The lowest BCUT2D eigenvalue weighted by molar-refractivity contribution is 0.102. The van der Waals surface area contributed by atoms with Crippen molar-refractivity contribution >= 4 is 22.5 Å². The van der Waals surface area contributed by atoms with Gasteiger partial charge in [0.25, 0.3) is 5.91 Å². The van der Waals surface area contributed by atoms with Gasteiger partial charge < -0.3 is 24.3 Å². The number of anilines is 1. The molecule has 0 saturated carbocycles. The molecule has 0 atom stereocenters. The molecule has 0 fully saturated rings. The van der Waals surface area contributed by atoms with Gasteiger partial charge in [-0.2, -0.15) is 0 Å². The second-order valence-electron chi connectivity index (χ2n) is 6.55. The summed E-state index contributed by atoms with van der Waals surface area (Å²) in [6.07, 6.45) is 1.92.